The van der Waals surface area contributed by atoms with Crippen LogP contribution in [-0.4, -0.2) is 34.0 Å². The molecule has 1 aliphatic rings. The van der Waals surface area contributed by atoms with E-state index in [9.17, 15) is 13.2 Å². The lowest BCUT2D eigenvalue weighted by molar-refractivity contribution is -0.119. The molecule has 2 aromatic carbocycles. The van der Waals surface area contributed by atoms with E-state index in [1.165, 1.54) is 12.1 Å². The minimum Gasteiger partial charge on any atom is -0.398 e. The van der Waals surface area contributed by atoms with E-state index in [-0.39, 0.29) is 10.8 Å². The molecule has 0 fully saturated rings. The second kappa shape index (κ2) is 7.98. The SMILES string of the molecule is Nc1cccc2c1CCCN2CC(=O)NCCc1ccc(S(N)(=O)=O)cc1. The summed E-state index contributed by atoms with van der Waals surface area (Å²) in [5.41, 5.74) is 9.91. The number of nitrogens with zero attached hydrogens (tertiary/aromatic N) is 1. The Morgan fingerprint density at radius 2 is 1.89 bits per heavy atom. The van der Waals surface area contributed by atoms with Crippen LogP contribution < -0.4 is 21.1 Å². The van der Waals surface area contributed by atoms with Crippen LogP contribution in [0.5, 0.6) is 0 Å². The number of nitrogens with one attached hydrogen (secondary N) is 1. The number of hydrogen-bond acceptors (Lipinski definition) is 5. The van der Waals surface area contributed by atoms with Crippen molar-refractivity contribution in [3.63, 3.8) is 0 Å². The van der Waals surface area contributed by atoms with Crippen molar-refractivity contribution in [2.75, 3.05) is 30.3 Å². The summed E-state index contributed by atoms with van der Waals surface area (Å²) >= 11 is 0. The number of rotatable bonds is 6. The third-order valence-corrected chi connectivity index (χ3v) is 5.63. The van der Waals surface area contributed by atoms with Gasteiger partial charge in [-0.15, -0.1) is 0 Å². The first kappa shape index (κ1) is 19.2. The Bertz CT molecular complexity index is 926. The van der Waals surface area contributed by atoms with E-state index in [0.717, 1.165) is 41.9 Å². The zero-order chi connectivity index (χ0) is 19.4. The molecule has 5 N–H and O–H groups in total. The van der Waals surface area contributed by atoms with Crippen molar-refractivity contribution in [2.24, 2.45) is 5.14 Å². The number of amides is 1. The topological polar surface area (TPSA) is 119 Å². The standard InChI is InChI=1S/C19H24N4O3S/c20-17-4-1-5-18-16(17)3-2-12-23(18)13-19(24)22-11-10-14-6-8-15(9-7-14)27(21,25)26/h1,4-9H,2-3,10-13,20H2,(H,22,24)(H2,21,25,26). The predicted molar refractivity (Wildman–Crippen MR) is 106 cm³/mol. The number of fused-ring (bicyclic) bond motifs is 1. The Morgan fingerprint density at radius 3 is 2.59 bits per heavy atom. The van der Waals surface area contributed by atoms with Crippen LogP contribution in [0.25, 0.3) is 0 Å². The maximum Gasteiger partial charge on any atom is 0.239 e. The number of sulfonamides is 1. The van der Waals surface area contributed by atoms with E-state index in [1.54, 1.807) is 12.1 Å². The molecule has 0 saturated heterocycles. The van der Waals surface area contributed by atoms with Gasteiger partial charge in [-0.05, 0) is 54.7 Å². The van der Waals surface area contributed by atoms with Gasteiger partial charge in [-0.1, -0.05) is 18.2 Å². The van der Waals surface area contributed by atoms with E-state index in [2.05, 4.69) is 10.2 Å². The van der Waals surface area contributed by atoms with E-state index in [4.69, 9.17) is 10.9 Å². The number of anilines is 2. The van der Waals surface area contributed by atoms with Gasteiger partial charge in [-0.2, -0.15) is 0 Å². The van der Waals surface area contributed by atoms with Crippen molar-refractivity contribution >= 4 is 27.3 Å². The van der Waals surface area contributed by atoms with Crippen molar-refractivity contribution < 1.29 is 13.2 Å². The van der Waals surface area contributed by atoms with Crippen LogP contribution in [0.3, 0.4) is 0 Å². The van der Waals surface area contributed by atoms with E-state index in [0.29, 0.717) is 19.5 Å². The second-order valence-corrected chi connectivity index (χ2v) is 8.22. The molecule has 7 nitrogen and oxygen atoms in total. The first-order valence-electron chi connectivity index (χ1n) is 8.85. The first-order chi connectivity index (χ1) is 12.8. The molecule has 3 rings (SSSR count). The van der Waals surface area contributed by atoms with Crippen LogP contribution in [0.1, 0.15) is 17.5 Å². The smallest absolute Gasteiger partial charge is 0.239 e. The summed E-state index contributed by atoms with van der Waals surface area (Å²) in [6, 6.07) is 12.2. The number of nitrogen functional groups attached to an aromatic ring is 1. The van der Waals surface area contributed by atoms with Gasteiger partial charge in [-0.3, -0.25) is 4.79 Å². The van der Waals surface area contributed by atoms with Crippen molar-refractivity contribution in [1.82, 2.24) is 5.32 Å². The Hall–Kier alpha value is -2.58. The molecule has 0 aromatic heterocycles. The number of carbonyl (C=O) groups is 1. The lowest BCUT2D eigenvalue weighted by Gasteiger charge is -2.31. The van der Waals surface area contributed by atoms with Gasteiger partial charge < -0.3 is 16.0 Å². The molecule has 0 spiro atoms. The molecule has 1 heterocycles. The summed E-state index contributed by atoms with van der Waals surface area (Å²) in [7, 11) is -3.68. The number of nitrogens with two attached hydrogens (primary N) is 2. The van der Waals surface area contributed by atoms with Crippen molar-refractivity contribution in [2.45, 2.75) is 24.2 Å². The molecule has 0 bridgehead atoms. The minimum atomic E-state index is -3.68. The molecular weight excluding hydrogens is 364 g/mol. The molecule has 0 atom stereocenters. The fourth-order valence-corrected chi connectivity index (χ4v) is 3.83. The number of primary sulfonamides is 1. The molecule has 8 heteroatoms. The summed E-state index contributed by atoms with van der Waals surface area (Å²) < 4.78 is 22.5. The molecule has 0 radical (unpaired) electrons. The molecule has 0 saturated carbocycles. The van der Waals surface area contributed by atoms with E-state index < -0.39 is 10.0 Å². The summed E-state index contributed by atoms with van der Waals surface area (Å²) in [6.07, 6.45) is 2.53. The van der Waals surface area contributed by atoms with Gasteiger partial charge in [0.1, 0.15) is 0 Å². The lowest BCUT2D eigenvalue weighted by atomic mass is 10.00. The van der Waals surface area contributed by atoms with Crippen LogP contribution in [-0.2, 0) is 27.7 Å². The van der Waals surface area contributed by atoms with Gasteiger partial charge in [0.15, 0.2) is 0 Å². The van der Waals surface area contributed by atoms with E-state index >= 15 is 0 Å². The Morgan fingerprint density at radius 1 is 1.15 bits per heavy atom. The fraction of sp³-hybridized carbons (Fsp3) is 0.316. The normalized spacial score (nSPS) is 13.9. The molecule has 2 aromatic rings. The van der Waals surface area contributed by atoms with Gasteiger partial charge in [0, 0.05) is 24.5 Å². The largest absolute Gasteiger partial charge is 0.398 e. The van der Waals surface area contributed by atoms with Gasteiger partial charge in [-0.25, -0.2) is 13.6 Å². The Balaban J connectivity index is 1.52. The molecular formula is C19H24N4O3S. The molecule has 0 unspecified atom stereocenters. The summed E-state index contributed by atoms with van der Waals surface area (Å²) in [5.74, 6) is -0.0496. The average molecular weight is 388 g/mol. The zero-order valence-electron chi connectivity index (χ0n) is 15.0. The van der Waals surface area contributed by atoms with Crippen LogP contribution in [0.4, 0.5) is 11.4 Å². The minimum absolute atomic E-state index is 0.0496. The highest BCUT2D eigenvalue weighted by molar-refractivity contribution is 7.89. The summed E-state index contributed by atoms with van der Waals surface area (Å²) in [5, 5.41) is 8.00. The quantitative estimate of drug-likeness (QED) is 0.639. The van der Waals surface area contributed by atoms with Crippen molar-refractivity contribution in [3.05, 3.63) is 53.6 Å². The monoisotopic (exact) mass is 388 g/mol. The maximum atomic E-state index is 12.3. The maximum absolute atomic E-state index is 12.3. The Kier molecular flexibility index (Phi) is 5.67. The molecule has 27 heavy (non-hydrogen) atoms. The van der Waals surface area contributed by atoms with E-state index in [1.807, 2.05) is 18.2 Å². The van der Waals surface area contributed by atoms with Crippen LogP contribution in [0.2, 0.25) is 0 Å². The molecule has 1 aliphatic heterocycles. The number of hydrogen-bond donors (Lipinski definition) is 3. The van der Waals surface area contributed by atoms with Gasteiger partial charge >= 0.3 is 0 Å². The highest BCUT2D eigenvalue weighted by atomic mass is 32.2. The lowest BCUT2D eigenvalue weighted by Crippen LogP contribution is -2.40. The summed E-state index contributed by atoms with van der Waals surface area (Å²) in [4.78, 5) is 14.4. The molecule has 144 valence electrons. The van der Waals surface area contributed by atoms with Gasteiger partial charge in [0.05, 0.1) is 11.4 Å². The predicted octanol–water partition coefficient (Wildman–Crippen LogP) is 1.03. The highest BCUT2D eigenvalue weighted by Crippen LogP contribution is 2.30. The van der Waals surface area contributed by atoms with Crippen LogP contribution >= 0.6 is 0 Å². The summed E-state index contributed by atoms with van der Waals surface area (Å²) in [6.45, 7) is 1.60. The van der Waals surface area contributed by atoms with Gasteiger partial charge in [0.2, 0.25) is 15.9 Å². The van der Waals surface area contributed by atoms with Crippen LogP contribution in [0, 0.1) is 0 Å². The third kappa shape index (κ3) is 4.78. The number of benzene rings is 2. The number of carbonyl (C=O) groups excluding carboxylic acids is 1. The Labute approximate surface area is 159 Å². The molecule has 1 amide bonds. The zero-order valence-corrected chi connectivity index (χ0v) is 15.8. The second-order valence-electron chi connectivity index (χ2n) is 6.66. The van der Waals surface area contributed by atoms with Crippen LogP contribution in [0.15, 0.2) is 47.4 Å². The van der Waals surface area contributed by atoms with Gasteiger partial charge in [0.25, 0.3) is 0 Å². The first-order valence-corrected chi connectivity index (χ1v) is 10.4. The molecule has 0 aliphatic carbocycles. The fourth-order valence-electron chi connectivity index (χ4n) is 3.31. The third-order valence-electron chi connectivity index (χ3n) is 4.71. The highest BCUT2D eigenvalue weighted by Gasteiger charge is 2.20. The van der Waals surface area contributed by atoms with Crippen molar-refractivity contribution in [1.29, 1.82) is 0 Å². The average Bonchev–Trinajstić information content (AvgIpc) is 2.62. The van der Waals surface area contributed by atoms with Crippen molar-refractivity contribution in [3.8, 4) is 0 Å².